The molecule has 118 valence electrons. The maximum absolute atomic E-state index is 11.3. The van der Waals surface area contributed by atoms with E-state index in [1.165, 1.54) is 5.56 Å². The molecule has 4 rings (SSSR count). The van der Waals surface area contributed by atoms with Crippen molar-refractivity contribution in [2.75, 3.05) is 0 Å². The molecular formula is C20H15N2NaO2. The first-order valence-electron chi connectivity index (χ1n) is 7.79. The number of pyridine rings is 1. The summed E-state index contributed by atoms with van der Waals surface area (Å²) in [4.78, 5) is 15.5. The molecule has 2 heterocycles. The van der Waals surface area contributed by atoms with Crippen LogP contribution < -0.4 is 34.7 Å². The summed E-state index contributed by atoms with van der Waals surface area (Å²) >= 11 is 0. The van der Waals surface area contributed by atoms with Crippen LogP contribution >= 0.6 is 0 Å². The van der Waals surface area contributed by atoms with E-state index in [1.807, 2.05) is 43.3 Å². The molecule has 0 N–H and O–H groups in total. The number of carbonyl (C=O) groups excluding carboxylic acids is 1. The first kappa shape index (κ1) is 17.7. The number of rotatable bonds is 3. The zero-order chi connectivity index (χ0) is 16.7. The van der Waals surface area contributed by atoms with Gasteiger partial charge in [-0.2, -0.15) is 0 Å². The van der Waals surface area contributed by atoms with E-state index in [9.17, 15) is 9.90 Å². The quantitative estimate of drug-likeness (QED) is 0.491. The largest absolute Gasteiger partial charge is 1.00 e. The van der Waals surface area contributed by atoms with Gasteiger partial charge in [-0.1, -0.05) is 48.5 Å². The Balaban J connectivity index is 0.00000182. The Morgan fingerprint density at radius 3 is 2.44 bits per heavy atom. The summed E-state index contributed by atoms with van der Waals surface area (Å²) in [6.07, 6.45) is 0. The summed E-state index contributed by atoms with van der Waals surface area (Å²) in [6, 6.07) is 19.8. The monoisotopic (exact) mass is 338 g/mol. The van der Waals surface area contributed by atoms with Gasteiger partial charge in [-0.25, -0.2) is 4.98 Å². The molecule has 4 aromatic rings. The maximum Gasteiger partial charge on any atom is 1.00 e. The number of hydrogen-bond acceptors (Lipinski definition) is 3. The Hall–Kier alpha value is -2.14. The Kier molecular flexibility index (Phi) is 4.95. The normalized spacial score (nSPS) is 10.8. The second-order valence-electron chi connectivity index (χ2n) is 5.87. The molecule has 0 saturated heterocycles. The van der Waals surface area contributed by atoms with Crippen LogP contribution in [0.15, 0.2) is 60.7 Å². The molecule has 25 heavy (non-hydrogen) atoms. The third-order valence-electron chi connectivity index (χ3n) is 4.31. The number of nitrogens with zero attached hydrogens (tertiary/aromatic N) is 2. The van der Waals surface area contributed by atoms with Crippen molar-refractivity contribution in [2.24, 2.45) is 0 Å². The predicted octanol–water partition coefficient (Wildman–Crippen LogP) is -0.0863. The van der Waals surface area contributed by atoms with Crippen LogP contribution in [0.25, 0.3) is 21.8 Å². The van der Waals surface area contributed by atoms with Crippen LogP contribution in [0.1, 0.15) is 21.7 Å². The van der Waals surface area contributed by atoms with E-state index >= 15 is 0 Å². The van der Waals surface area contributed by atoms with Crippen LogP contribution in [0.2, 0.25) is 0 Å². The van der Waals surface area contributed by atoms with Gasteiger partial charge in [0.1, 0.15) is 0 Å². The van der Waals surface area contributed by atoms with Crippen molar-refractivity contribution in [3.63, 3.8) is 0 Å². The Bertz CT molecular complexity index is 1070. The molecule has 0 atom stereocenters. The Labute approximate surface area is 167 Å². The zero-order valence-electron chi connectivity index (χ0n) is 14.2. The van der Waals surface area contributed by atoms with Crippen molar-refractivity contribution in [1.82, 2.24) is 9.55 Å². The zero-order valence-corrected chi connectivity index (χ0v) is 16.2. The standard InChI is InChI=1S/C20H16N2O2.Na/c1-13-19-16(11-17(21-13)20(23)24)15-9-5-6-10-18(15)22(19)12-14-7-3-2-4-8-14;/h2-11H,12H2,1H3,(H,23,24);/q;+1/p-1. The van der Waals surface area contributed by atoms with Crippen LogP contribution in [-0.2, 0) is 6.54 Å². The summed E-state index contributed by atoms with van der Waals surface area (Å²) in [5, 5.41) is 13.2. The van der Waals surface area contributed by atoms with Gasteiger partial charge in [0, 0.05) is 22.8 Å². The van der Waals surface area contributed by atoms with Gasteiger partial charge >= 0.3 is 29.6 Å². The number of hydrogen-bond donors (Lipinski definition) is 0. The summed E-state index contributed by atoms with van der Waals surface area (Å²) in [6.45, 7) is 2.55. The maximum atomic E-state index is 11.3. The van der Waals surface area contributed by atoms with Gasteiger partial charge in [0.25, 0.3) is 0 Å². The number of carbonyl (C=O) groups is 1. The molecule has 0 aliphatic rings. The molecule has 0 aliphatic heterocycles. The smallest absolute Gasteiger partial charge is 0.543 e. The number of aryl methyl sites for hydroxylation is 1. The molecule has 0 spiro atoms. The van der Waals surface area contributed by atoms with E-state index in [-0.39, 0.29) is 35.3 Å². The van der Waals surface area contributed by atoms with Crippen LogP contribution in [0.5, 0.6) is 0 Å². The third kappa shape index (κ3) is 3.09. The van der Waals surface area contributed by atoms with Crippen molar-refractivity contribution in [1.29, 1.82) is 0 Å². The van der Waals surface area contributed by atoms with E-state index in [4.69, 9.17) is 0 Å². The van der Waals surface area contributed by atoms with Crippen LogP contribution in [0.3, 0.4) is 0 Å². The number of aromatic nitrogens is 2. The van der Waals surface area contributed by atoms with E-state index in [0.717, 1.165) is 21.8 Å². The molecule has 0 saturated carbocycles. The molecule has 0 bridgehead atoms. The second kappa shape index (κ2) is 7.00. The number of carboxylic acids is 1. The first-order valence-corrected chi connectivity index (χ1v) is 7.79. The number of aromatic carboxylic acids is 1. The van der Waals surface area contributed by atoms with Crippen molar-refractivity contribution >= 4 is 27.8 Å². The molecule has 2 aromatic carbocycles. The number of fused-ring (bicyclic) bond motifs is 3. The molecule has 0 amide bonds. The molecule has 0 fully saturated rings. The van der Waals surface area contributed by atoms with Crippen molar-refractivity contribution in [2.45, 2.75) is 13.5 Å². The minimum Gasteiger partial charge on any atom is -0.543 e. The van der Waals surface area contributed by atoms with Crippen LogP contribution in [-0.4, -0.2) is 15.5 Å². The summed E-state index contributed by atoms with van der Waals surface area (Å²) < 4.78 is 2.20. The molecule has 4 nitrogen and oxygen atoms in total. The van der Waals surface area contributed by atoms with Gasteiger partial charge in [-0.3, -0.25) is 0 Å². The molecule has 0 aliphatic carbocycles. The van der Waals surface area contributed by atoms with Crippen molar-refractivity contribution in [3.8, 4) is 0 Å². The topological polar surface area (TPSA) is 57.9 Å². The number of carboxylic acid groups (broad SMARTS) is 1. The number of para-hydroxylation sites is 1. The number of benzene rings is 2. The van der Waals surface area contributed by atoms with E-state index in [2.05, 4.69) is 27.8 Å². The Morgan fingerprint density at radius 2 is 1.72 bits per heavy atom. The minimum atomic E-state index is -1.25. The molecular weight excluding hydrogens is 323 g/mol. The van der Waals surface area contributed by atoms with Gasteiger partial charge in [-0.05, 0) is 24.6 Å². The minimum absolute atomic E-state index is 0. The fourth-order valence-electron chi connectivity index (χ4n) is 3.30. The van der Waals surface area contributed by atoms with Gasteiger partial charge in [0.15, 0.2) is 0 Å². The first-order chi connectivity index (χ1) is 11.6. The Morgan fingerprint density at radius 1 is 1.04 bits per heavy atom. The average Bonchev–Trinajstić information content (AvgIpc) is 2.91. The molecule has 0 unspecified atom stereocenters. The van der Waals surface area contributed by atoms with E-state index < -0.39 is 5.97 Å². The van der Waals surface area contributed by atoms with Crippen LogP contribution in [0, 0.1) is 6.92 Å². The van der Waals surface area contributed by atoms with Crippen molar-refractivity contribution < 1.29 is 39.5 Å². The third-order valence-corrected chi connectivity index (χ3v) is 4.31. The fraction of sp³-hybridized carbons (Fsp3) is 0.100. The average molecular weight is 338 g/mol. The van der Waals surface area contributed by atoms with E-state index in [0.29, 0.717) is 12.2 Å². The molecule has 2 aromatic heterocycles. The predicted molar refractivity (Wildman–Crippen MR) is 91.9 cm³/mol. The summed E-state index contributed by atoms with van der Waals surface area (Å²) in [7, 11) is 0. The molecule has 5 heteroatoms. The van der Waals surface area contributed by atoms with Crippen molar-refractivity contribution in [3.05, 3.63) is 77.6 Å². The van der Waals surface area contributed by atoms with Gasteiger partial charge in [0.2, 0.25) is 0 Å². The fourth-order valence-corrected chi connectivity index (χ4v) is 3.30. The van der Waals surface area contributed by atoms with Gasteiger partial charge in [0.05, 0.1) is 22.9 Å². The SMILES string of the molecule is Cc1nc(C(=O)[O-])cc2c3ccccc3n(Cc3ccccc3)c12.[Na+]. The summed E-state index contributed by atoms with van der Waals surface area (Å²) in [5.74, 6) is -1.25. The van der Waals surface area contributed by atoms with E-state index in [1.54, 1.807) is 6.07 Å². The second-order valence-corrected chi connectivity index (χ2v) is 5.87. The molecule has 0 radical (unpaired) electrons. The van der Waals surface area contributed by atoms with Gasteiger partial charge in [-0.15, -0.1) is 0 Å². The summed E-state index contributed by atoms with van der Waals surface area (Å²) in [5.41, 5.74) is 3.88. The van der Waals surface area contributed by atoms with Crippen LogP contribution in [0.4, 0.5) is 0 Å². The van der Waals surface area contributed by atoms with Gasteiger partial charge < -0.3 is 14.5 Å².